The number of aliphatic hydroxyl groups excluding tert-OH is 2. The Balaban J connectivity index is 5.13. The molecule has 0 aliphatic heterocycles. The van der Waals surface area contributed by atoms with Crippen LogP contribution in [0.25, 0.3) is 0 Å². The summed E-state index contributed by atoms with van der Waals surface area (Å²) in [5, 5.41) is 34.7. The minimum absolute atomic E-state index is 0.000405. The van der Waals surface area contributed by atoms with Crippen LogP contribution in [0.5, 0.6) is 0 Å². The fourth-order valence-electron chi connectivity index (χ4n) is 2.30. The van der Waals surface area contributed by atoms with Crippen LogP contribution in [0.3, 0.4) is 0 Å². The summed E-state index contributed by atoms with van der Waals surface area (Å²) < 4.78 is 0. The van der Waals surface area contributed by atoms with Crippen molar-refractivity contribution in [2.45, 2.75) is 50.9 Å². The molecule has 4 atom stereocenters. The van der Waals surface area contributed by atoms with E-state index in [9.17, 15) is 29.4 Å². The third kappa shape index (κ3) is 10.5. The second-order valence-corrected chi connectivity index (χ2v) is 7.89. The topological polar surface area (TPSA) is 191 Å². The van der Waals surface area contributed by atoms with Gasteiger partial charge in [-0.25, -0.2) is 4.79 Å². The number of thioether (sulfide) groups is 1. The summed E-state index contributed by atoms with van der Waals surface area (Å²) in [6.07, 6.45) is 2.21. The van der Waals surface area contributed by atoms with Crippen molar-refractivity contribution in [3.8, 4) is 0 Å². The minimum Gasteiger partial charge on any atom is -0.480 e. The maximum Gasteiger partial charge on any atom is 0.326 e. The predicted molar refractivity (Wildman–Crippen MR) is 108 cm³/mol. The standard InChI is InChI=1S/C17H32N4O7S/c1-9(2)6-12(17(27)28)20-16(26)13(8-23)21-15(25)11(4-5-29-3)19-14(24)10(18)7-22/h9-13,22-23H,4-8,18H2,1-3H3,(H,19,24)(H,20,26)(H,21,25)(H,27,28). The van der Waals surface area contributed by atoms with E-state index >= 15 is 0 Å². The summed E-state index contributed by atoms with van der Waals surface area (Å²) in [5.74, 6) is -3.03. The molecule has 0 saturated carbocycles. The molecule has 12 heteroatoms. The highest BCUT2D eigenvalue weighted by atomic mass is 32.2. The van der Waals surface area contributed by atoms with Crippen LogP contribution in [0.2, 0.25) is 0 Å². The lowest BCUT2D eigenvalue weighted by atomic mass is 10.0. The highest BCUT2D eigenvalue weighted by Crippen LogP contribution is 2.06. The van der Waals surface area contributed by atoms with Gasteiger partial charge in [0.2, 0.25) is 17.7 Å². The molecular weight excluding hydrogens is 404 g/mol. The first-order valence-corrected chi connectivity index (χ1v) is 10.6. The van der Waals surface area contributed by atoms with Gasteiger partial charge in [-0.15, -0.1) is 0 Å². The lowest BCUT2D eigenvalue weighted by Gasteiger charge is -2.24. The van der Waals surface area contributed by atoms with Crippen molar-refractivity contribution >= 4 is 35.5 Å². The van der Waals surface area contributed by atoms with Crippen LogP contribution in [0.15, 0.2) is 0 Å². The Hall–Kier alpha value is -1.89. The molecule has 0 saturated heterocycles. The molecule has 168 valence electrons. The quantitative estimate of drug-likeness (QED) is 0.156. The van der Waals surface area contributed by atoms with E-state index in [2.05, 4.69) is 16.0 Å². The van der Waals surface area contributed by atoms with Gasteiger partial charge in [0, 0.05) is 0 Å². The number of nitrogens with two attached hydrogens (primary N) is 1. The number of carboxylic acid groups (broad SMARTS) is 1. The van der Waals surface area contributed by atoms with Crippen molar-refractivity contribution in [2.24, 2.45) is 11.7 Å². The van der Waals surface area contributed by atoms with Crippen molar-refractivity contribution < 1.29 is 34.5 Å². The van der Waals surface area contributed by atoms with Gasteiger partial charge in [0.1, 0.15) is 24.2 Å². The minimum atomic E-state index is -1.39. The molecule has 4 unspecified atom stereocenters. The molecule has 11 nitrogen and oxygen atoms in total. The Morgan fingerprint density at radius 1 is 0.897 bits per heavy atom. The molecule has 3 amide bonds. The second kappa shape index (κ2) is 14.1. The number of nitrogens with one attached hydrogen (secondary N) is 3. The normalized spacial score (nSPS) is 15.1. The number of carbonyl (C=O) groups is 4. The van der Waals surface area contributed by atoms with Gasteiger partial charge in [0.15, 0.2) is 0 Å². The van der Waals surface area contributed by atoms with Crippen LogP contribution < -0.4 is 21.7 Å². The largest absolute Gasteiger partial charge is 0.480 e. The van der Waals surface area contributed by atoms with Crippen molar-refractivity contribution in [3.63, 3.8) is 0 Å². The third-order valence-electron chi connectivity index (χ3n) is 3.91. The van der Waals surface area contributed by atoms with E-state index < -0.39 is 61.1 Å². The molecule has 0 aromatic carbocycles. The maximum absolute atomic E-state index is 12.5. The van der Waals surface area contributed by atoms with Crippen LogP contribution in [0.4, 0.5) is 0 Å². The lowest BCUT2D eigenvalue weighted by Crippen LogP contribution is -2.58. The zero-order chi connectivity index (χ0) is 22.6. The Labute approximate surface area is 174 Å². The SMILES string of the molecule is CSCCC(NC(=O)C(N)CO)C(=O)NC(CO)C(=O)NC(CC(C)C)C(=O)O. The highest BCUT2D eigenvalue weighted by Gasteiger charge is 2.30. The molecule has 0 aromatic rings. The summed E-state index contributed by atoms with van der Waals surface area (Å²) in [5.41, 5.74) is 5.43. The molecule has 29 heavy (non-hydrogen) atoms. The number of aliphatic hydroxyl groups is 2. The highest BCUT2D eigenvalue weighted by molar-refractivity contribution is 7.98. The van der Waals surface area contributed by atoms with Crippen LogP contribution in [-0.2, 0) is 19.2 Å². The van der Waals surface area contributed by atoms with E-state index in [1.807, 2.05) is 0 Å². The molecule has 0 bridgehead atoms. The van der Waals surface area contributed by atoms with Crippen molar-refractivity contribution in [3.05, 3.63) is 0 Å². The Morgan fingerprint density at radius 3 is 1.86 bits per heavy atom. The molecule has 0 heterocycles. The molecule has 0 spiro atoms. The zero-order valence-corrected chi connectivity index (χ0v) is 17.7. The van der Waals surface area contributed by atoms with Crippen LogP contribution in [0.1, 0.15) is 26.7 Å². The molecule has 0 aliphatic rings. The Morgan fingerprint density at radius 2 is 1.41 bits per heavy atom. The molecule has 0 fully saturated rings. The number of aliphatic carboxylic acids is 1. The lowest BCUT2D eigenvalue weighted by molar-refractivity contribution is -0.143. The van der Waals surface area contributed by atoms with Gasteiger partial charge in [-0.2, -0.15) is 11.8 Å². The Bertz CT molecular complexity index is 562. The fourth-order valence-corrected chi connectivity index (χ4v) is 2.77. The first-order valence-electron chi connectivity index (χ1n) is 9.17. The van der Waals surface area contributed by atoms with Crippen molar-refractivity contribution in [1.82, 2.24) is 16.0 Å². The van der Waals surface area contributed by atoms with Gasteiger partial charge < -0.3 is 37.0 Å². The molecule has 0 aliphatic carbocycles. The summed E-state index contributed by atoms with van der Waals surface area (Å²) in [7, 11) is 0. The number of hydrogen-bond donors (Lipinski definition) is 7. The average Bonchev–Trinajstić information content (AvgIpc) is 2.66. The van der Waals surface area contributed by atoms with Gasteiger partial charge in [-0.05, 0) is 30.8 Å². The number of carboxylic acids is 1. The summed E-state index contributed by atoms with van der Waals surface area (Å²) >= 11 is 1.43. The summed E-state index contributed by atoms with van der Waals surface area (Å²) in [6, 6.07) is -4.80. The van der Waals surface area contributed by atoms with E-state index in [0.29, 0.717) is 5.75 Å². The molecule has 8 N–H and O–H groups in total. The smallest absolute Gasteiger partial charge is 0.326 e. The second-order valence-electron chi connectivity index (χ2n) is 6.90. The fraction of sp³-hybridized carbons (Fsp3) is 0.765. The first kappa shape index (κ1) is 27.1. The van der Waals surface area contributed by atoms with Gasteiger partial charge in [0.25, 0.3) is 0 Å². The number of amides is 3. The van der Waals surface area contributed by atoms with E-state index in [4.69, 9.17) is 10.8 Å². The van der Waals surface area contributed by atoms with Gasteiger partial charge in [-0.3, -0.25) is 14.4 Å². The molecule has 0 aromatic heterocycles. The van der Waals surface area contributed by atoms with Crippen LogP contribution in [0, 0.1) is 5.92 Å². The monoisotopic (exact) mass is 436 g/mol. The van der Waals surface area contributed by atoms with Crippen molar-refractivity contribution in [1.29, 1.82) is 0 Å². The molecular formula is C17H32N4O7S. The van der Waals surface area contributed by atoms with E-state index in [1.54, 1.807) is 20.1 Å². The van der Waals surface area contributed by atoms with Crippen molar-refractivity contribution in [2.75, 3.05) is 25.2 Å². The average molecular weight is 437 g/mol. The molecule has 0 rings (SSSR count). The first-order chi connectivity index (χ1) is 13.6. The van der Waals surface area contributed by atoms with Crippen LogP contribution in [-0.4, -0.2) is 88.4 Å². The predicted octanol–water partition coefficient (Wildman–Crippen LogP) is -2.36. The zero-order valence-electron chi connectivity index (χ0n) is 16.9. The summed E-state index contributed by atoms with van der Waals surface area (Å²) in [4.78, 5) is 48.0. The Kier molecular flexibility index (Phi) is 13.2. The van der Waals surface area contributed by atoms with E-state index in [1.165, 1.54) is 11.8 Å². The number of hydrogen-bond acceptors (Lipinski definition) is 8. The molecule has 0 radical (unpaired) electrons. The number of rotatable bonds is 14. The maximum atomic E-state index is 12.5. The van der Waals surface area contributed by atoms with Gasteiger partial charge >= 0.3 is 5.97 Å². The summed E-state index contributed by atoms with van der Waals surface area (Å²) in [6.45, 7) is 2.23. The third-order valence-corrected chi connectivity index (χ3v) is 4.56. The van der Waals surface area contributed by atoms with Crippen LogP contribution >= 0.6 is 11.8 Å². The van der Waals surface area contributed by atoms with Gasteiger partial charge in [0.05, 0.1) is 13.2 Å². The van der Waals surface area contributed by atoms with E-state index in [0.717, 1.165) is 0 Å². The number of carbonyl (C=O) groups excluding carboxylic acids is 3. The van der Waals surface area contributed by atoms with Gasteiger partial charge in [-0.1, -0.05) is 13.8 Å². The van der Waals surface area contributed by atoms with E-state index in [-0.39, 0.29) is 18.8 Å².